The number of aliphatic hydroxyl groups is 1. The van der Waals surface area contributed by atoms with Gasteiger partial charge in [0.1, 0.15) is 23.5 Å². The normalized spacial score (nSPS) is 12.2. The van der Waals surface area contributed by atoms with Gasteiger partial charge in [-0.2, -0.15) is 5.10 Å². The molecule has 5 rings (SSSR count). The number of halogens is 1. The highest BCUT2D eigenvalue weighted by Crippen LogP contribution is 2.33. The van der Waals surface area contributed by atoms with Crippen LogP contribution in [0.2, 0.25) is 5.02 Å². The number of nitrogen functional groups attached to an aromatic ring is 1. The lowest BCUT2D eigenvalue weighted by Gasteiger charge is -2.21. The van der Waals surface area contributed by atoms with Crippen LogP contribution in [0.25, 0.3) is 28.0 Å². The van der Waals surface area contributed by atoms with Gasteiger partial charge in [-0.3, -0.25) is 14.5 Å². The standard InChI is InChI=1S/C22H20ClN9O3/c1-10(27-20-18(19(24)25-9-26-20)21-31-28-11(2)35-21)15-6-12-4-3-5-14(23)17(12)22(34)32(15)16-7-13(8-33)29-30-16/h3-7,9-10,33H,8H2,1-2H3,(H,29,30)(H3,24,25,26,27). The minimum atomic E-state index is -0.488. The Bertz CT molecular complexity index is 1610. The van der Waals surface area contributed by atoms with Crippen molar-refractivity contribution < 1.29 is 9.52 Å². The van der Waals surface area contributed by atoms with Crippen molar-refractivity contribution in [1.29, 1.82) is 0 Å². The highest BCUT2D eigenvalue weighted by molar-refractivity contribution is 6.35. The van der Waals surface area contributed by atoms with Gasteiger partial charge in [-0.05, 0) is 24.4 Å². The summed E-state index contributed by atoms with van der Waals surface area (Å²) in [5.41, 5.74) is 7.11. The average Bonchev–Trinajstić information content (AvgIpc) is 3.48. The van der Waals surface area contributed by atoms with E-state index >= 15 is 0 Å². The van der Waals surface area contributed by atoms with E-state index in [4.69, 9.17) is 21.8 Å². The largest absolute Gasteiger partial charge is 0.421 e. The molecular formula is C22H20ClN9O3. The third kappa shape index (κ3) is 3.98. The molecule has 0 aliphatic rings. The van der Waals surface area contributed by atoms with Crippen LogP contribution in [0.5, 0.6) is 0 Å². The number of H-pyrrole nitrogens is 1. The van der Waals surface area contributed by atoms with E-state index in [-0.39, 0.29) is 23.9 Å². The van der Waals surface area contributed by atoms with Gasteiger partial charge < -0.3 is 20.6 Å². The fraction of sp³-hybridized carbons (Fsp3) is 0.182. The molecule has 0 aliphatic carbocycles. The predicted octanol–water partition coefficient (Wildman–Crippen LogP) is 2.76. The van der Waals surface area contributed by atoms with E-state index in [1.54, 1.807) is 25.1 Å². The Kier molecular flexibility index (Phi) is 5.67. The molecule has 1 aromatic carbocycles. The number of hydrogen-bond donors (Lipinski definition) is 4. The van der Waals surface area contributed by atoms with Crippen molar-refractivity contribution >= 4 is 34.0 Å². The molecule has 1 unspecified atom stereocenters. The predicted molar refractivity (Wildman–Crippen MR) is 129 cm³/mol. The number of aromatic nitrogens is 7. The minimum Gasteiger partial charge on any atom is -0.421 e. The summed E-state index contributed by atoms with van der Waals surface area (Å²) >= 11 is 6.37. The number of aryl methyl sites for hydroxylation is 1. The third-order valence-electron chi connectivity index (χ3n) is 5.45. The van der Waals surface area contributed by atoms with Crippen LogP contribution in [0.4, 0.5) is 11.6 Å². The molecule has 13 heteroatoms. The van der Waals surface area contributed by atoms with Crippen molar-refractivity contribution in [3.63, 3.8) is 0 Å². The molecule has 0 saturated carbocycles. The first-order valence-electron chi connectivity index (χ1n) is 10.5. The van der Waals surface area contributed by atoms with E-state index < -0.39 is 6.04 Å². The van der Waals surface area contributed by atoms with Crippen LogP contribution in [0, 0.1) is 6.92 Å². The number of hydrogen-bond acceptors (Lipinski definition) is 10. The first kappa shape index (κ1) is 22.5. The molecule has 1 atom stereocenters. The van der Waals surface area contributed by atoms with Gasteiger partial charge >= 0.3 is 0 Å². The second kappa shape index (κ2) is 8.81. The highest BCUT2D eigenvalue weighted by atomic mass is 35.5. The smallest absolute Gasteiger partial charge is 0.266 e. The topological polar surface area (TPSA) is 174 Å². The zero-order valence-corrected chi connectivity index (χ0v) is 19.4. The van der Waals surface area contributed by atoms with Crippen LogP contribution < -0.4 is 16.6 Å². The summed E-state index contributed by atoms with van der Waals surface area (Å²) in [4.78, 5) is 22.0. The van der Waals surface area contributed by atoms with Gasteiger partial charge in [0.05, 0.1) is 34.4 Å². The molecule has 4 aromatic heterocycles. The number of nitrogens with zero attached hydrogens (tertiary/aromatic N) is 6. The van der Waals surface area contributed by atoms with Gasteiger partial charge in [0.25, 0.3) is 11.4 Å². The summed E-state index contributed by atoms with van der Waals surface area (Å²) in [6.07, 6.45) is 1.31. The second-order valence-corrected chi connectivity index (χ2v) is 8.21. The zero-order chi connectivity index (χ0) is 24.7. The lowest BCUT2D eigenvalue weighted by Crippen LogP contribution is -2.26. The van der Waals surface area contributed by atoms with Crippen molar-refractivity contribution in [3.05, 3.63) is 69.3 Å². The van der Waals surface area contributed by atoms with Crippen LogP contribution >= 0.6 is 11.6 Å². The summed E-state index contributed by atoms with van der Waals surface area (Å²) in [6.45, 7) is 3.25. The molecule has 0 saturated heterocycles. The van der Waals surface area contributed by atoms with Gasteiger partial charge in [0.15, 0.2) is 5.82 Å². The van der Waals surface area contributed by atoms with Crippen molar-refractivity contribution in [2.45, 2.75) is 26.5 Å². The zero-order valence-electron chi connectivity index (χ0n) is 18.7. The van der Waals surface area contributed by atoms with E-state index in [0.29, 0.717) is 50.3 Å². The van der Waals surface area contributed by atoms with Crippen LogP contribution in [0.1, 0.15) is 30.2 Å². The molecule has 5 aromatic rings. The van der Waals surface area contributed by atoms with E-state index in [2.05, 4.69) is 35.7 Å². The number of anilines is 2. The van der Waals surface area contributed by atoms with Crippen LogP contribution in [-0.4, -0.2) is 40.0 Å². The van der Waals surface area contributed by atoms with Crippen molar-refractivity contribution in [3.8, 4) is 17.3 Å². The monoisotopic (exact) mass is 493 g/mol. The maximum Gasteiger partial charge on any atom is 0.266 e. The maximum absolute atomic E-state index is 13.6. The molecule has 4 heterocycles. The number of nitrogens with two attached hydrogens (primary N) is 1. The number of benzene rings is 1. The number of rotatable bonds is 6. The van der Waals surface area contributed by atoms with Gasteiger partial charge in [-0.15, -0.1) is 10.2 Å². The van der Waals surface area contributed by atoms with E-state index in [1.807, 2.05) is 19.1 Å². The summed E-state index contributed by atoms with van der Waals surface area (Å²) in [7, 11) is 0. The number of fused-ring (bicyclic) bond motifs is 1. The van der Waals surface area contributed by atoms with Crippen molar-refractivity contribution in [2.24, 2.45) is 0 Å². The molecule has 178 valence electrons. The van der Waals surface area contributed by atoms with Gasteiger partial charge in [-0.1, -0.05) is 23.7 Å². The Morgan fingerprint density at radius 3 is 2.83 bits per heavy atom. The lowest BCUT2D eigenvalue weighted by atomic mass is 10.1. The first-order chi connectivity index (χ1) is 16.9. The van der Waals surface area contributed by atoms with E-state index in [1.165, 1.54) is 10.9 Å². The number of pyridine rings is 1. The Morgan fingerprint density at radius 2 is 2.11 bits per heavy atom. The number of aromatic amines is 1. The van der Waals surface area contributed by atoms with Gasteiger partial charge in [0, 0.05) is 13.0 Å². The quantitative estimate of drug-likeness (QED) is 0.275. The molecule has 0 aliphatic heterocycles. The molecule has 0 fully saturated rings. The highest BCUT2D eigenvalue weighted by Gasteiger charge is 2.23. The molecule has 0 spiro atoms. The van der Waals surface area contributed by atoms with Crippen molar-refractivity contribution in [2.75, 3.05) is 11.1 Å². The lowest BCUT2D eigenvalue weighted by molar-refractivity contribution is 0.276. The average molecular weight is 494 g/mol. The van der Waals surface area contributed by atoms with Crippen LogP contribution in [0.15, 0.2) is 45.9 Å². The summed E-state index contributed by atoms with van der Waals surface area (Å²) in [6, 6.07) is 8.18. The first-order valence-corrected chi connectivity index (χ1v) is 10.9. The van der Waals surface area contributed by atoms with E-state index in [9.17, 15) is 9.90 Å². The summed E-state index contributed by atoms with van der Waals surface area (Å²) in [5.74, 6) is 1.33. The molecule has 0 radical (unpaired) electrons. The van der Waals surface area contributed by atoms with E-state index in [0.717, 1.165) is 0 Å². The minimum absolute atomic E-state index is 0.154. The molecule has 35 heavy (non-hydrogen) atoms. The number of nitrogens with one attached hydrogen (secondary N) is 2. The SMILES string of the molecule is Cc1nnc(-c2c(N)ncnc2NC(C)c2cc3cccc(Cl)c3c(=O)n2-c2cc(CO)[nH]n2)o1. The Hall–Kier alpha value is -4.29. The Labute approximate surface area is 202 Å². The summed E-state index contributed by atoms with van der Waals surface area (Å²) < 4.78 is 6.98. The molecular weight excluding hydrogens is 474 g/mol. The van der Waals surface area contributed by atoms with Gasteiger partial charge in [0.2, 0.25) is 5.89 Å². The third-order valence-corrected chi connectivity index (χ3v) is 5.77. The fourth-order valence-electron chi connectivity index (χ4n) is 3.84. The fourth-order valence-corrected chi connectivity index (χ4v) is 4.10. The second-order valence-electron chi connectivity index (χ2n) is 7.80. The maximum atomic E-state index is 13.6. The Morgan fingerprint density at radius 1 is 1.29 bits per heavy atom. The summed E-state index contributed by atoms with van der Waals surface area (Å²) in [5, 5.41) is 28.9. The van der Waals surface area contributed by atoms with Gasteiger partial charge in [-0.25, -0.2) is 9.97 Å². The van der Waals surface area contributed by atoms with Crippen molar-refractivity contribution in [1.82, 2.24) is 34.9 Å². The number of aliphatic hydroxyl groups excluding tert-OH is 1. The molecule has 5 N–H and O–H groups in total. The molecule has 12 nitrogen and oxygen atoms in total. The van der Waals surface area contributed by atoms with Crippen LogP contribution in [0.3, 0.4) is 0 Å². The van der Waals surface area contributed by atoms with Crippen LogP contribution in [-0.2, 0) is 6.61 Å². The molecule has 0 amide bonds. The Balaban J connectivity index is 1.67. The molecule has 0 bridgehead atoms.